The minimum atomic E-state index is -3.55. The van der Waals surface area contributed by atoms with Crippen LogP contribution < -0.4 is 0 Å². The second kappa shape index (κ2) is 3.64. The highest BCUT2D eigenvalue weighted by Gasteiger charge is 2.18. The molecule has 0 spiro atoms. The van der Waals surface area contributed by atoms with Crippen LogP contribution in [0.5, 0.6) is 0 Å². The van der Waals surface area contributed by atoms with Crippen LogP contribution in [0.4, 0.5) is 0 Å². The van der Waals surface area contributed by atoms with E-state index in [0.29, 0.717) is 11.7 Å². The Labute approximate surface area is 58.6 Å². The standard InChI is InChI=1S/C4H12O3PS/c1-4(2)3-9-8(5,6)7/h4-7H,3H2,1-2H3/q+1. The van der Waals surface area contributed by atoms with Crippen LogP contribution >= 0.6 is 6.72 Å². The highest BCUT2D eigenvalue weighted by atomic mass is 32.5. The van der Waals surface area contributed by atoms with E-state index in [4.69, 9.17) is 14.7 Å². The molecule has 9 heavy (non-hydrogen) atoms. The fraction of sp³-hybridized carbons (Fsp3) is 1.00. The summed E-state index contributed by atoms with van der Waals surface area (Å²) in [5, 5.41) is 0. The van der Waals surface area contributed by atoms with Gasteiger partial charge >= 0.3 is 6.72 Å². The molecule has 0 aromatic carbocycles. The maximum atomic E-state index is 8.45. The van der Waals surface area contributed by atoms with Gasteiger partial charge in [0.1, 0.15) is 0 Å². The Balaban J connectivity index is 3.71. The Kier molecular flexibility index (Phi) is 3.85. The van der Waals surface area contributed by atoms with E-state index < -0.39 is 6.72 Å². The van der Waals surface area contributed by atoms with E-state index >= 15 is 0 Å². The Morgan fingerprint density at radius 3 is 1.89 bits per heavy atom. The van der Waals surface area contributed by atoms with Crippen molar-refractivity contribution in [2.45, 2.75) is 13.8 Å². The van der Waals surface area contributed by atoms with Gasteiger partial charge in [-0.3, -0.25) is 14.7 Å². The highest BCUT2D eigenvalue weighted by Crippen LogP contribution is 2.31. The molecule has 3 N–H and O–H groups in total. The van der Waals surface area contributed by atoms with Crippen molar-refractivity contribution < 1.29 is 14.7 Å². The van der Waals surface area contributed by atoms with Crippen LogP contribution in [-0.4, -0.2) is 20.4 Å². The summed E-state index contributed by atoms with van der Waals surface area (Å²) in [6, 6.07) is 0. The summed E-state index contributed by atoms with van der Waals surface area (Å²) in [6.07, 6.45) is 0. The lowest BCUT2D eigenvalue weighted by atomic mass is 10.3. The normalized spacial score (nSPS) is 12.2. The molecular weight excluding hydrogens is 159 g/mol. The zero-order valence-electron chi connectivity index (χ0n) is 5.48. The summed E-state index contributed by atoms with van der Waals surface area (Å²) in [5.41, 5.74) is 0. The van der Waals surface area contributed by atoms with Crippen molar-refractivity contribution in [1.82, 2.24) is 0 Å². The molecule has 0 aliphatic heterocycles. The minimum absolute atomic E-state index is 0.376. The van der Waals surface area contributed by atoms with Crippen LogP contribution in [0.2, 0.25) is 0 Å². The molecular formula is C4H12O3PS+. The first-order valence-corrected chi connectivity index (χ1v) is 5.87. The summed E-state index contributed by atoms with van der Waals surface area (Å²) >= 11 is 0. The number of hydrogen-bond donors (Lipinski definition) is 3. The van der Waals surface area contributed by atoms with E-state index in [0.717, 1.165) is 10.9 Å². The molecule has 0 unspecified atom stereocenters. The second-order valence-corrected chi connectivity index (χ2v) is 6.07. The third kappa shape index (κ3) is 8.53. The molecule has 0 atom stereocenters. The molecule has 5 heteroatoms. The molecule has 0 amide bonds. The highest BCUT2D eigenvalue weighted by molar-refractivity contribution is 8.16. The molecule has 0 bridgehead atoms. The summed E-state index contributed by atoms with van der Waals surface area (Å²) in [5.74, 6) is 0.956. The molecule has 0 rings (SSSR count). The molecule has 0 saturated heterocycles. The Morgan fingerprint density at radius 1 is 1.33 bits per heavy atom. The average Bonchev–Trinajstić information content (AvgIpc) is 1.59. The van der Waals surface area contributed by atoms with E-state index in [1.54, 1.807) is 0 Å². The first-order chi connectivity index (χ1) is 3.92. The topological polar surface area (TPSA) is 60.7 Å². The third-order valence-electron chi connectivity index (χ3n) is 0.581. The zero-order valence-corrected chi connectivity index (χ0v) is 7.19. The van der Waals surface area contributed by atoms with E-state index in [-0.39, 0.29) is 0 Å². The van der Waals surface area contributed by atoms with Gasteiger partial charge in [0.25, 0.3) is 0 Å². The van der Waals surface area contributed by atoms with E-state index in [1.807, 2.05) is 13.8 Å². The van der Waals surface area contributed by atoms with Crippen molar-refractivity contribution in [3.63, 3.8) is 0 Å². The van der Waals surface area contributed by atoms with Gasteiger partial charge < -0.3 is 0 Å². The van der Waals surface area contributed by atoms with Gasteiger partial charge in [-0.1, -0.05) is 13.8 Å². The van der Waals surface area contributed by atoms with Gasteiger partial charge in [-0.2, -0.15) is 0 Å². The predicted octanol–water partition coefficient (Wildman–Crippen LogP) is 0.380. The van der Waals surface area contributed by atoms with Crippen LogP contribution in [0.15, 0.2) is 0 Å². The Morgan fingerprint density at radius 2 is 1.78 bits per heavy atom. The van der Waals surface area contributed by atoms with Gasteiger partial charge in [0.15, 0.2) is 5.75 Å². The molecule has 0 saturated carbocycles. The smallest absolute Gasteiger partial charge is 0.290 e. The Bertz CT molecular complexity index is 120. The van der Waals surface area contributed by atoms with Gasteiger partial charge in [-0.15, -0.1) is 0 Å². The largest absolute Gasteiger partial charge is 0.515 e. The molecule has 0 aromatic rings. The Hall–Kier alpha value is 0.530. The van der Waals surface area contributed by atoms with E-state index in [2.05, 4.69) is 0 Å². The summed E-state index contributed by atoms with van der Waals surface area (Å²) in [6.45, 7) is 0.341. The van der Waals surface area contributed by atoms with E-state index in [9.17, 15) is 0 Å². The van der Waals surface area contributed by atoms with Crippen LogP contribution in [0, 0.1) is 5.92 Å². The van der Waals surface area contributed by atoms with Gasteiger partial charge in [0, 0.05) is 5.92 Å². The summed E-state index contributed by atoms with van der Waals surface area (Å²) < 4.78 is 0. The molecule has 0 aliphatic carbocycles. The van der Waals surface area contributed by atoms with Crippen molar-refractivity contribution in [2.24, 2.45) is 5.92 Å². The molecule has 0 aromatic heterocycles. The van der Waals surface area contributed by atoms with Crippen molar-refractivity contribution in [2.75, 3.05) is 5.75 Å². The molecule has 56 valence electrons. The third-order valence-corrected chi connectivity index (χ3v) is 3.23. The van der Waals surface area contributed by atoms with Crippen molar-refractivity contribution in [3.8, 4) is 0 Å². The van der Waals surface area contributed by atoms with Gasteiger partial charge in [0.05, 0.1) is 0 Å². The lowest BCUT2D eigenvalue weighted by molar-refractivity contribution is 0.363. The number of hydrogen-bond acceptors (Lipinski definition) is 0. The van der Waals surface area contributed by atoms with Crippen LogP contribution in [-0.2, 0) is 10.9 Å². The van der Waals surface area contributed by atoms with Gasteiger partial charge in [-0.25, -0.2) is 0 Å². The lowest BCUT2D eigenvalue weighted by Crippen LogP contribution is -1.93. The van der Waals surface area contributed by atoms with Crippen molar-refractivity contribution in [1.29, 1.82) is 0 Å². The minimum Gasteiger partial charge on any atom is -0.290 e. The monoisotopic (exact) mass is 171 g/mol. The maximum absolute atomic E-state index is 8.45. The average molecular weight is 171 g/mol. The first kappa shape index (κ1) is 9.53. The molecule has 0 fully saturated rings. The van der Waals surface area contributed by atoms with Gasteiger partial charge in [-0.05, 0) is 0 Å². The fourth-order valence-corrected chi connectivity index (χ4v) is 2.24. The molecule has 0 radical (unpaired) electrons. The SMILES string of the molecule is CC(C)C[S+]=P(O)(O)O. The zero-order chi connectivity index (χ0) is 7.49. The van der Waals surface area contributed by atoms with Crippen LogP contribution in [0.25, 0.3) is 0 Å². The molecule has 0 aliphatic rings. The lowest BCUT2D eigenvalue weighted by Gasteiger charge is -1.89. The number of rotatable bonds is 2. The van der Waals surface area contributed by atoms with Crippen molar-refractivity contribution in [3.05, 3.63) is 0 Å². The summed E-state index contributed by atoms with van der Waals surface area (Å²) in [7, 11) is 0.819. The maximum Gasteiger partial charge on any atom is 0.515 e. The van der Waals surface area contributed by atoms with Gasteiger partial charge in [0.2, 0.25) is 10.9 Å². The van der Waals surface area contributed by atoms with E-state index in [1.165, 1.54) is 0 Å². The summed E-state index contributed by atoms with van der Waals surface area (Å²) in [4.78, 5) is 25.4. The second-order valence-electron chi connectivity index (χ2n) is 2.20. The molecule has 3 nitrogen and oxygen atoms in total. The fourth-order valence-electron chi connectivity index (χ4n) is 0.249. The first-order valence-electron chi connectivity index (χ1n) is 2.63. The quantitative estimate of drug-likeness (QED) is 0.416. The predicted molar refractivity (Wildman–Crippen MR) is 40.6 cm³/mol. The van der Waals surface area contributed by atoms with Crippen molar-refractivity contribution >= 4 is 17.7 Å². The van der Waals surface area contributed by atoms with Crippen LogP contribution in [0.1, 0.15) is 13.8 Å². The van der Waals surface area contributed by atoms with Crippen LogP contribution in [0.3, 0.4) is 0 Å². The molecule has 0 heterocycles.